The number of rotatable bonds is 5. The highest BCUT2D eigenvalue weighted by Gasteiger charge is 2.20. The number of aryl methyl sites for hydroxylation is 2. The summed E-state index contributed by atoms with van der Waals surface area (Å²) >= 11 is 0. The van der Waals surface area contributed by atoms with Crippen molar-refractivity contribution < 1.29 is 8.42 Å². The minimum atomic E-state index is -3.50. The second-order valence-electron chi connectivity index (χ2n) is 4.46. The molecule has 0 saturated heterocycles. The van der Waals surface area contributed by atoms with Crippen LogP contribution in [0.3, 0.4) is 0 Å². The third-order valence-corrected chi connectivity index (χ3v) is 4.20. The Kier molecular flexibility index (Phi) is 4.72. The first kappa shape index (κ1) is 14.9. The van der Waals surface area contributed by atoms with Gasteiger partial charge in [0, 0.05) is 26.3 Å². The first-order valence-electron chi connectivity index (χ1n) is 5.82. The maximum atomic E-state index is 12.2. The van der Waals surface area contributed by atoms with Crippen LogP contribution in [0.25, 0.3) is 0 Å². The van der Waals surface area contributed by atoms with Gasteiger partial charge in [-0.05, 0) is 44.0 Å². The van der Waals surface area contributed by atoms with Gasteiger partial charge < -0.3 is 5.32 Å². The molecule has 0 radical (unpaired) electrons. The van der Waals surface area contributed by atoms with Crippen molar-refractivity contribution in [3.63, 3.8) is 0 Å². The van der Waals surface area contributed by atoms with Gasteiger partial charge >= 0.3 is 0 Å². The van der Waals surface area contributed by atoms with Gasteiger partial charge in [-0.15, -0.1) is 4.83 Å². The van der Waals surface area contributed by atoms with E-state index in [-0.39, 0.29) is 0 Å². The van der Waals surface area contributed by atoms with E-state index in [0.717, 1.165) is 23.4 Å². The first-order valence-corrected chi connectivity index (χ1v) is 7.31. The number of nitrogens with zero attached hydrogens (tertiary/aromatic N) is 1. The average molecular weight is 271 g/mol. The van der Waals surface area contributed by atoms with Crippen LogP contribution < -0.4 is 10.1 Å². The molecule has 0 spiro atoms. The molecule has 18 heavy (non-hydrogen) atoms. The fourth-order valence-electron chi connectivity index (χ4n) is 1.97. The summed E-state index contributed by atoms with van der Waals surface area (Å²) in [7, 11) is -0.208. The normalized spacial score (nSPS) is 11.9. The number of anilines is 1. The van der Waals surface area contributed by atoms with Crippen molar-refractivity contribution in [1.82, 2.24) is 9.84 Å². The maximum absolute atomic E-state index is 12.2. The SMILES string of the molecule is CCNc1cc(C)c(S(=O)(=O)NN(C)C)c(C)c1. The molecule has 1 rings (SSSR count). The lowest BCUT2D eigenvalue weighted by atomic mass is 10.1. The summed E-state index contributed by atoms with van der Waals surface area (Å²) < 4.78 is 24.4. The first-order chi connectivity index (χ1) is 8.27. The lowest BCUT2D eigenvalue weighted by Gasteiger charge is -2.17. The van der Waals surface area contributed by atoms with Gasteiger partial charge in [-0.3, -0.25) is 0 Å². The summed E-state index contributed by atoms with van der Waals surface area (Å²) in [6.45, 7) is 6.42. The number of sulfonamides is 1. The topological polar surface area (TPSA) is 61.4 Å². The summed E-state index contributed by atoms with van der Waals surface area (Å²) in [6, 6.07) is 3.70. The largest absolute Gasteiger partial charge is 0.385 e. The van der Waals surface area contributed by atoms with Crippen molar-refractivity contribution in [3.05, 3.63) is 23.3 Å². The van der Waals surface area contributed by atoms with Crippen molar-refractivity contribution >= 4 is 15.7 Å². The van der Waals surface area contributed by atoms with E-state index < -0.39 is 10.0 Å². The molecule has 0 saturated carbocycles. The number of hydrazine groups is 1. The zero-order valence-corrected chi connectivity index (χ0v) is 12.4. The average Bonchev–Trinajstić information content (AvgIpc) is 2.13. The Balaban J connectivity index is 3.26. The van der Waals surface area contributed by atoms with Crippen molar-refractivity contribution in [1.29, 1.82) is 0 Å². The summed E-state index contributed by atoms with van der Waals surface area (Å²) in [4.78, 5) is 2.80. The molecule has 1 aromatic rings. The van der Waals surface area contributed by atoms with E-state index in [1.54, 1.807) is 27.9 Å². The molecule has 0 fully saturated rings. The Morgan fingerprint density at radius 3 is 2.06 bits per heavy atom. The van der Waals surface area contributed by atoms with E-state index in [2.05, 4.69) is 10.1 Å². The number of benzene rings is 1. The second-order valence-corrected chi connectivity index (χ2v) is 6.06. The molecule has 0 amide bonds. The molecule has 102 valence electrons. The van der Waals surface area contributed by atoms with Crippen LogP contribution in [-0.4, -0.2) is 34.1 Å². The van der Waals surface area contributed by atoms with Crippen molar-refractivity contribution in [2.45, 2.75) is 25.7 Å². The van der Waals surface area contributed by atoms with E-state index >= 15 is 0 Å². The van der Waals surface area contributed by atoms with Gasteiger partial charge in [-0.2, -0.15) is 0 Å². The summed E-state index contributed by atoms with van der Waals surface area (Å²) in [5, 5.41) is 4.61. The molecule has 0 aliphatic heterocycles. The number of hydrogen-bond acceptors (Lipinski definition) is 4. The molecule has 6 heteroatoms. The third kappa shape index (κ3) is 3.44. The standard InChI is InChI=1S/C12H21N3O2S/c1-6-13-11-7-9(2)12(10(3)8-11)18(16,17)14-15(4)5/h7-8,13-14H,6H2,1-5H3. The fourth-order valence-corrected chi connectivity index (χ4v) is 3.50. The van der Waals surface area contributed by atoms with Crippen LogP contribution in [0.15, 0.2) is 17.0 Å². The van der Waals surface area contributed by atoms with Crippen molar-refractivity contribution in [3.8, 4) is 0 Å². The van der Waals surface area contributed by atoms with Crippen LogP contribution in [0.1, 0.15) is 18.1 Å². The van der Waals surface area contributed by atoms with E-state index in [9.17, 15) is 8.42 Å². The van der Waals surface area contributed by atoms with E-state index in [1.807, 2.05) is 19.1 Å². The van der Waals surface area contributed by atoms with Gasteiger partial charge in [-0.25, -0.2) is 13.4 Å². The molecule has 0 aliphatic rings. The van der Waals surface area contributed by atoms with Crippen LogP contribution in [0.4, 0.5) is 5.69 Å². The molecule has 5 nitrogen and oxygen atoms in total. The molecule has 0 atom stereocenters. The zero-order valence-electron chi connectivity index (χ0n) is 11.5. The summed E-state index contributed by atoms with van der Waals surface area (Å²) in [5.41, 5.74) is 2.41. The van der Waals surface area contributed by atoms with Crippen LogP contribution >= 0.6 is 0 Å². The Hall–Kier alpha value is -1.11. The van der Waals surface area contributed by atoms with Gasteiger partial charge in [0.1, 0.15) is 0 Å². The van der Waals surface area contributed by atoms with Gasteiger partial charge in [0.05, 0.1) is 4.90 Å². The lowest BCUT2D eigenvalue weighted by Crippen LogP contribution is -2.36. The summed E-state index contributed by atoms with van der Waals surface area (Å²) in [6.07, 6.45) is 0. The van der Waals surface area contributed by atoms with Crippen LogP contribution in [0.5, 0.6) is 0 Å². The predicted molar refractivity (Wildman–Crippen MR) is 74.1 cm³/mol. The minimum absolute atomic E-state index is 0.345. The molecule has 0 unspecified atom stereocenters. The van der Waals surface area contributed by atoms with Gasteiger partial charge in [0.2, 0.25) is 0 Å². The van der Waals surface area contributed by atoms with Gasteiger partial charge in [0.15, 0.2) is 0 Å². The molecule has 0 aliphatic carbocycles. The Bertz CT molecular complexity index is 501. The van der Waals surface area contributed by atoms with E-state index in [4.69, 9.17) is 0 Å². The van der Waals surface area contributed by atoms with E-state index in [0.29, 0.717) is 4.90 Å². The molecule has 2 N–H and O–H groups in total. The fraction of sp³-hybridized carbons (Fsp3) is 0.500. The molecule has 0 heterocycles. The second kappa shape index (κ2) is 5.69. The molecular formula is C12H21N3O2S. The Morgan fingerprint density at radius 2 is 1.67 bits per heavy atom. The quantitative estimate of drug-likeness (QED) is 0.797. The third-order valence-electron chi connectivity index (χ3n) is 2.41. The molecule has 1 aromatic carbocycles. The highest BCUT2D eigenvalue weighted by molar-refractivity contribution is 7.89. The summed E-state index contributed by atoms with van der Waals surface area (Å²) in [5.74, 6) is 0. The smallest absolute Gasteiger partial charge is 0.253 e. The van der Waals surface area contributed by atoms with E-state index in [1.165, 1.54) is 5.01 Å². The monoisotopic (exact) mass is 271 g/mol. The molecule has 0 bridgehead atoms. The molecule has 0 aromatic heterocycles. The lowest BCUT2D eigenvalue weighted by molar-refractivity contribution is 0.363. The van der Waals surface area contributed by atoms with Crippen molar-refractivity contribution in [2.24, 2.45) is 0 Å². The molecular weight excluding hydrogens is 250 g/mol. The minimum Gasteiger partial charge on any atom is -0.385 e. The van der Waals surface area contributed by atoms with Crippen LogP contribution in [0, 0.1) is 13.8 Å². The Morgan fingerprint density at radius 1 is 1.17 bits per heavy atom. The van der Waals surface area contributed by atoms with Gasteiger partial charge in [-0.1, -0.05) is 0 Å². The Labute approximate surface area is 109 Å². The zero-order chi connectivity index (χ0) is 13.9. The highest BCUT2D eigenvalue weighted by atomic mass is 32.2. The number of hydrogen-bond donors (Lipinski definition) is 2. The predicted octanol–water partition coefficient (Wildman–Crippen LogP) is 1.49. The highest BCUT2D eigenvalue weighted by Crippen LogP contribution is 2.24. The van der Waals surface area contributed by atoms with Gasteiger partial charge in [0.25, 0.3) is 10.0 Å². The maximum Gasteiger partial charge on any atom is 0.253 e. The van der Waals surface area contributed by atoms with Crippen LogP contribution in [0.2, 0.25) is 0 Å². The van der Waals surface area contributed by atoms with Crippen molar-refractivity contribution in [2.75, 3.05) is 26.0 Å². The van der Waals surface area contributed by atoms with Crippen LogP contribution in [-0.2, 0) is 10.0 Å². The number of nitrogens with one attached hydrogen (secondary N) is 2.